The first kappa shape index (κ1) is 14.5. The third-order valence-corrected chi connectivity index (χ3v) is 4.11. The second kappa shape index (κ2) is 6.59. The van der Waals surface area contributed by atoms with Gasteiger partial charge in [-0.1, -0.05) is 77.2 Å². The average molecular weight is 335 g/mol. The van der Waals surface area contributed by atoms with E-state index in [-0.39, 0.29) is 6.61 Å². The molecule has 0 aliphatic carbocycles. The summed E-state index contributed by atoms with van der Waals surface area (Å²) < 4.78 is 1.66. The van der Waals surface area contributed by atoms with Crippen LogP contribution in [0.25, 0.3) is 4.96 Å². The number of aromatic nitrogens is 4. The van der Waals surface area contributed by atoms with Crippen LogP contribution in [0, 0.1) is 0 Å². The Morgan fingerprint density at radius 2 is 1.62 bits per heavy atom. The van der Waals surface area contributed by atoms with Gasteiger partial charge < -0.3 is 4.84 Å². The Balaban J connectivity index is 1.61. The second-order valence-electron chi connectivity index (χ2n) is 4.99. The van der Waals surface area contributed by atoms with Crippen molar-refractivity contribution in [3.8, 4) is 0 Å². The number of fused-ring (bicyclic) bond motifs is 1. The van der Waals surface area contributed by atoms with Gasteiger partial charge in [0.2, 0.25) is 4.96 Å². The summed E-state index contributed by atoms with van der Waals surface area (Å²) in [6, 6.07) is 19.9. The van der Waals surface area contributed by atoms with Gasteiger partial charge in [-0.15, -0.1) is 10.2 Å². The zero-order valence-corrected chi connectivity index (χ0v) is 13.4. The molecule has 0 saturated heterocycles. The molecule has 4 aromatic rings. The van der Waals surface area contributed by atoms with E-state index in [2.05, 4.69) is 20.5 Å². The van der Waals surface area contributed by atoms with Gasteiger partial charge in [0.05, 0.1) is 0 Å². The highest BCUT2D eigenvalue weighted by molar-refractivity contribution is 7.14. The molecule has 0 atom stereocenters. The normalized spacial score (nSPS) is 10.7. The van der Waals surface area contributed by atoms with Crippen LogP contribution in [0.15, 0.2) is 71.3 Å². The summed E-state index contributed by atoms with van der Waals surface area (Å²) in [5, 5.41) is 16.6. The molecule has 2 aromatic heterocycles. The highest BCUT2D eigenvalue weighted by Crippen LogP contribution is 2.12. The lowest BCUT2D eigenvalue weighted by Gasteiger charge is -2.07. The van der Waals surface area contributed by atoms with Crippen LogP contribution in [0.2, 0.25) is 0 Å². The lowest BCUT2D eigenvalue weighted by Crippen LogP contribution is -2.05. The molecule has 0 bridgehead atoms. The van der Waals surface area contributed by atoms with Gasteiger partial charge in [0, 0.05) is 11.1 Å². The number of nitrogens with zero attached hydrogens (tertiary/aromatic N) is 5. The zero-order valence-electron chi connectivity index (χ0n) is 12.6. The molecule has 0 aliphatic rings. The number of oxime groups is 1. The van der Waals surface area contributed by atoms with Crippen LogP contribution in [0.3, 0.4) is 0 Å². The van der Waals surface area contributed by atoms with Gasteiger partial charge in [-0.2, -0.15) is 9.61 Å². The molecule has 7 heteroatoms. The van der Waals surface area contributed by atoms with Crippen molar-refractivity contribution in [2.24, 2.45) is 5.16 Å². The van der Waals surface area contributed by atoms with E-state index in [0.717, 1.165) is 21.8 Å². The average Bonchev–Trinajstić information content (AvgIpc) is 3.25. The Morgan fingerprint density at radius 1 is 0.958 bits per heavy atom. The first-order chi connectivity index (χ1) is 11.9. The lowest BCUT2D eigenvalue weighted by atomic mass is 10.0. The van der Waals surface area contributed by atoms with E-state index in [1.54, 1.807) is 10.0 Å². The van der Waals surface area contributed by atoms with Crippen molar-refractivity contribution in [2.45, 2.75) is 6.61 Å². The fourth-order valence-electron chi connectivity index (χ4n) is 2.31. The maximum Gasteiger partial charge on any atom is 0.234 e. The summed E-state index contributed by atoms with van der Waals surface area (Å²) in [4.78, 5) is 6.30. The molecule has 0 unspecified atom stereocenters. The molecule has 2 aromatic carbocycles. The van der Waals surface area contributed by atoms with Gasteiger partial charge in [0.25, 0.3) is 0 Å². The molecular formula is C17H13N5OS. The Labute approximate surface area is 142 Å². The first-order valence-corrected chi connectivity index (χ1v) is 8.24. The van der Waals surface area contributed by atoms with E-state index in [1.165, 1.54) is 11.3 Å². The quantitative estimate of drug-likeness (QED) is 0.415. The minimum atomic E-state index is 0.202. The summed E-state index contributed by atoms with van der Waals surface area (Å²) in [5.74, 6) is 0.621. The van der Waals surface area contributed by atoms with Crippen molar-refractivity contribution in [1.82, 2.24) is 19.8 Å². The zero-order chi connectivity index (χ0) is 16.2. The van der Waals surface area contributed by atoms with Crippen molar-refractivity contribution in [3.05, 3.63) is 83.1 Å². The summed E-state index contributed by atoms with van der Waals surface area (Å²) in [7, 11) is 0. The van der Waals surface area contributed by atoms with Crippen molar-refractivity contribution >= 4 is 22.0 Å². The van der Waals surface area contributed by atoms with E-state index in [4.69, 9.17) is 4.84 Å². The van der Waals surface area contributed by atoms with Gasteiger partial charge >= 0.3 is 0 Å². The maximum atomic E-state index is 5.56. The Bertz CT molecular complexity index is 921. The van der Waals surface area contributed by atoms with Crippen LogP contribution in [0.1, 0.15) is 17.0 Å². The van der Waals surface area contributed by atoms with E-state index in [9.17, 15) is 0 Å². The minimum Gasteiger partial charge on any atom is -0.387 e. The van der Waals surface area contributed by atoms with Gasteiger partial charge in [-0.05, 0) is 0 Å². The SMILES string of the molecule is c1ccc(C(=NOCc2nnc3scnn23)c2ccccc2)cc1. The molecular weight excluding hydrogens is 322 g/mol. The molecule has 118 valence electrons. The molecule has 0 saturated carbocycles. The van der Waals surface area contributed by atoms with E-state index in [0.29, 0.717) is 5.82 Å². The predicted octanol–water partition coefficient (Wildman–Crippen LogP) is 3.16. The van der Waals surface area contributed by atoms with Crippen LogP contribution < -0.4 is 0 Å². The second-order valence-corrected chi connectivity index (χ2v) is 5.81. The number of hydrogen-bond donors (Lipinski definition) is 0. The van der Waals surface area contributed by atoms with Gasteiger partial charge in [0.1, 0.15) is 11.2 Å². The van der Waals surface area contributed by atoms with E-state index in [1.807, 2.05) is 60.7 Å². The standard InChI is InChI=1S/C17H13N5OS/c1-3-7-13(8-4-1)16(14-9-5-2-6-10-14)21-23-11-15-19-20-17-22(15)18-12-24-17/h1-10,12H,11H2. The summed E-state index contributed by atoms with van der Waals surface area (Å²) in [5.41, 5.74) is 4.47. The highest BCUT2D eigenvalue weighted by atomic mass is 32.1. The Morgan fingerprint density at radius 3 is 2.29 bits per heavy atom. The molecule has 0 aliphatic heterocycles. The summed E-state index contributed by atoms with van der Waals surface area (Å²) in [6.45, 7) is 0.202. The molecule has 6 nitrogen and oxygen atoms in total. The highest BCUT2D eigenvalue weighted by Gasteiger charge is 2.10. The van der Waals surface area contributed by atoms with Crippen LogP contribution >= 0.6 is 11.3 Å². The third kappa shape index (κ3) is 2.89. The van der Waals surface area contributed by atoms with E-state index < -0.39 is 0 Å². The Kier molecular flexibility index (Phi) is 3.99. The van der Waals surface area contributed by atoms with Crippen LogP contribution in [-0.4, -0.2) is 25.5 Å². The van der Waals surface area contributed by atoms with Crippen molar-refractivity contribution < 1.29 is 4.84 Å². The van der Waals surface area contributed by atoms with Crippen molar-refractivity contribution in [3.63, 3.8) is 0 Å². The third-order valence-electron chi connectivity index (χ3n) is 3.44. The molecule has 0 N–H and O–H groups in total. The summed E-state index contributed by atoms with van der Waals surface area (Å²) >= 11 is 1.43. The molecule has 0 spiro atoms. The van der Waals surface area contributed by atoms with Gasteiger partial charge in [-0.3, -0.25) is 0 Å². The van der Waals surface area contributed by atoms with Crippen LogP contribution in [0.5, 0.6) is 0 Å². The van der Waals surface area contributed by atoms with Gasteiger partial charge in [0.15, 0.2) is 12.4 Å². The maximum absolute atomic E-state index is 5.56. The number of rotatable bonds is 5. The molecule has 0 radical (unpaired) electrons. The summed E-state index contributed by atoms with van der Waals surface area (Å²) in [6.07, 6.45) is 0. The smallest absolute Gasteiger partial charge is 0.234 e. The lowest BCUT2D eigenvalue weighted by molar-refractivity contribution is 0.123. The molecule has 0 amide bonds. The van der Waals surface area contributed by atoms with Crippen LogP contribution in [0.4, 0.5) is 0 Å². The molecule has 0 fully saturated rings. The number of benzene rings is 2. The minimum absolute atomic E-state index is 0.202. The fraction of sp³-hybridized carbons (Fsp3) is 0.0588. The van der Waals surface area contributed by atoms with Crippen molar-refractivity contribution in [1.29, 1.82) is 0 Å². The predicted molar refractivity (Wildman–Crippen MR) is 92.0 cm³/mol. The Hall–Kier alpha value is -3.06. The van der Waals surface area contributed by atoms with Crippen molar-refractivity contribution in [2.75, 3.05) is 0 Å². The number of hydrogen-bond acceptors (Lipinski definition) is 6. The van der Waals surface area contributed by atoms with E-state index >= 15 is 0 Å². The topological polar surface area (TPSA) is 64.7 Å². The molecule has 2 heterocycles. The van der Waals surface area contributed by atoms with Crippen LogP contribution in [-0.2, 0) is 11.4 Å². The fourth-order valence-corrected chi connectivity index (χ4v) is 2.89. The molecule has 4 rings (SSSR count). The first-order valence-electron chi connectivity index (χ1n) is 7.36. The molecule has 24 heavy (non-hydrogen) atoms. The monoisotopic (exact) mass is 335 g/mol. The van der Waals surface area contributed by atoms with Gasteiger partial charge in [-0.25, -0.2) is 0 Å². The largest absolute Gasteiger partial charge is 0.387 e.